The van der Waals surface area contributed by atoms with Crippen molar-refractivity contribution >= 4 is 20.8 Å². The molecule has 0 unspecified atom stereocenters. The van der Waals surface area contributed by atoms with Gasteiger partial charge in [0.2, 0.25) is 10.0 Å². The molecule has 0 aliphatic heterocycles. The van der Waals surface area contributed by atoms with E-state index in [0.29, 0.717) is 5.39 Å². The predicted molar refractivity (Wildman–Crippen MR) is 75.7 cm³/mol. The maximum absolute atomic E-state index is 12.8. The fraction of sp³-hybridized carbons (Fsp3) is 0.357. The Morgan fingerprint density at radius 3 is 2.80 bits per heavy atom. The van der Waals surface area contributed by atoms with Crippen molar-refractivity contribution in [3.63, 3.8) is 0 Å². The number of hydrogen-bond donors (Lipinski definition) is 1. The van der Waals surface area contributed by atoms with Gasteiger partial charge in [0.05, 0.1) is 11.5 Å². The number of pyridine rings is 1. The molecule has 1 aromatic heterocycles. The minimum atomic E-state index is -3.58. The summed E-state index contributed by atoms with van der Waals surface area (Å²) in [6.45, 7) is -0.0173. The molecule has 1 aliphatic carbocycles. The Balaban J connectivity index is 2.13. The summed E-state index contributed by atoms with van der Waals surface area (Å²) in [5.41, 5.74) is 0. The lowest BCUT2D eigenvalue weighted by Gasteiger charge is -2.21. The molecule has 3 rings (SSSR count). The molecule has 1 aromatic carbocycles. The molecule has 0 spiro atoms. The summed E-state index contributed by atoms with van der Waals surface area (Å²) in [5.74, 6) is 0. The lowest BCUT2D eigenvalue weighted by molar-refractivity contribution is 0.250. The van der Waals surface area contributed by atoms with E-state index in [1.165, 1.54) is 4.31 Å². The van der Waals surface area contributed by atoms with E-state index in [-0.39, 0.29) is 24.1 Å². The molecule has 0 bridgehead atoms. The molecule has 0 atom stereocenters. The Morgan fingerprint density at radius 1 is 1.30 bits per heavy atom. The van der Waals surface area contributed by atoms with Gasteiger partial charge in [0.25, 0.3) is 0 Å². The maximum Gasteiger partial charge on any atom is 0.244 e. The van der Waals surface area contributed by atoms with Crippen molar-refractivity contribution < 1.29 is 13.5 Å². The number of aromatic nitrogens is 1. The normalized spacial score (nSPS) is 15.9. The highest BCUT2D eigenvalue weighted by Gasteiger charge is 2.38. The van der Waals surface area contributed by atoms with Gasteiger partial charge in [-0.2, -0.15) is 4.31 Å². The first kappa shape index (κ1) is 13.5. The van der Waals surface area contributed by atoms with Crippen LogP contribution in [0.1, 0.15) is 12.8 Å². The van der Waals surface area contributed by atoms with Gasteiger partial charge >= 0.3 is 0 Å². The number of sulfonamides is 1. The van der Waals surface area contributed by atoms with Gasteiger partial charge in [-0.15, -0.1) is 0 Å². The van der Waals surface area contributed by atoms with E-state index in [1.807, 2.05) is 6.07 Å². The predicted octanol–water partition coefficient (Wildman–Crippen LogP) is 1.38. The fourth-order valence-corrected chi connectivity index (χ4v) is 4.30. The zero-order valence-electron chi connectivity index (χ0n) is 10.9. The van der Waals surface area contributed by atoms with Crippen molar-refractivity contribution in [1.82, 2.24) is 9.29 Å². The van der Waals surface area contributed by atoms with Crippen LogP contribution in [0.25, 0.3) is 10.8 Å². The topological polar surface area (TPSA) is 70.5 Å². The molecule has 1 fully saturated rings. The molecule has 20 heavy (non-hydrogen) atoms. The largest absolute Gasteiger partial charge is 0.395 e. The van der Waals surface area contributed by atoms with Gasteiger partial charge < -0.3 is 5.11 Å². The van der Waals surface area contributed by atoms with E-state index in [9.17, 15) is 8.42 Å². The van der Waals surface area contributed by atoms with Gasteiger partial charge in [0.1, 0.15) is 0 Å². The van der Waals surface area contributed by atoms with Crippen molar-refractivity contribution in [3.05, 3.63) is 36.7 Å². The standard InChI is InChI=1S/C14H16N2O3S/c17-9-8-16(12-4-5-12)20(18,19)14-3-1-2-11-10-15-7-6-13(11)14/h1-3,6-7,10,12,17H,4-5,8-9H2. The van der Waals surface area contributed by atoms with E-state index >= 15 is 0 Å². The van der Waals surface area contributed by atoms with Crippen LogP contribution in [0.5, 0.6) is 0 Å². The molecule has 6 heteroatoms. The number of hydrogen-bond acceptors (Lipinski definition) is 4. The third-order valence-corrected chi connectivity index (χ3v) is 5.51. The molecule has 0 saturated heterocycles. The molecule has 2 aromatic rings. The molecule has 1 N–H and O–H groups in total. The number of aliphatic hydroxyl groups is 1. The summed E-state index contributed by atoms with van der Waals surface area (Å²) >= 11 is 0. The van der Waals surface area contributed by atoms with E-state index in [0.717, 1.165) is 18.2 Å². The zero-order valence-corrected chi connectivity index (χ0v) is 11.8. The Hall–Kier alpha value is -1.50. The number of fused-ring (bicyclic) bond motifs is 1. The molecular weight excluding hydrogens is 276 g/mol. The molecule has 0 amide bonds. The molecule has 1 aliphatic rings. The minimum Gasteiger partial charge on any atom is -0.395 e. The van der Waals surface area contributed by atoms with Crippen LogP contribution < -0.4 is 0 Å². The van der Waals surface area contributed by atoms with Crippen LogP contribution in [0.15, 0.2) is 41.6 Å². The van der Waals surface area contributed by atoms with Gasteiger partial charge in [0.15, 0.2) is 0 Å². The Morgan fingerprint density at radius 2 is 2.10 bits per heavy atom. The zero-order chi connectivity index (χ0) is 14.2. The van der Waals surface area contributed by atoms with Crippen molar-refractivity contribution in [2.75, 3.05) is 13.2 Å². The van der Waals surface area contributed by atoms with Crippen LogP contribution in [0, 0.1) is 0 Å². The summed E-state index contributed by atoms with van der Waals surface area (Å²) in [7, 11) is -3.58. The second kappa shape index (κ2) is 5.12. The van der Waals surface area contributed by atoms with Crippen LogP contribution in [-0.4, -0.2) is 42.0 Å². The van der Waals surface area contributed by atoms with Crippen LogP contribution >= 0.6 is 0 Å². The minimum absolute atomic E-state index is 0.0317. The smallest absolute Gasteiger partial charge is 0.244 e. The van der Waals surface area contributed by atoms with Gasteiger partial charge in [-0.05, 0) is 25.0 Å². The highest BCUT2D eigenvalue weighted by atomic mass is 32.2. The number of nitrogens with zero attached hydrogens (tertiary/aromatic N) is 2. The van der Waals surface area contributed by atoms with Crippen molar-refractivity contribution in [2.24, 2.45) is 0 Å². The first-order valence-corrected chi connectivity index (χ1v) is 8.04. The summed E-state index contributed by atoms with van der Waals surface area (Å²) < 4.78 is 27.0. The SMILES string of the molecule is O=S(=O)(c1cccc2cnccc12)N(CCO)C1CC1. The fourth-order valence-electron chi connectivity index (χ4n) is 2.40. The van der Waals surface area contributed by atoms with Crippen molar-refractivity contribution in [1.29, 1.82) is 0 Å². The molecule has 0 radical (unpaired) electrons. The average Bonchev–Trinajstić information content (AvgIpc) is 3.28. The summed E-state index contributed by atoms with van der Waals surface area (Å²) in [4.78, 5) is 4.31. The first-order chi connectivity index (χ1) is 9.64. The molecule has 106 valence electrons. The van der Waals surface area contributed by atoms with Gasteiger partial charge in [-0.1, -0.05) is 12.1 Å². The second-order valence-electron chi connectivity index (χ2n) is 4.92. The molecular formula is C14H16N2O3S. The molecule has 1 heterocycles. The Kier molecular flexibility index (Phi) is 3.45. The van der Waals surface area contributed by atoms with E-state index in [1.54, 1.807) is 30.6 Å². The summed E-state index contributed by atoms with van der Waals surface area (Å²) in [6.07, 6.45) is 4.98. The van der Waals surface area contributed by atoms with E-state index in [4.69, 9.17) is 5.11 Å². The molecule has 5 nitrogen and oxygen atoms in total. The van der Waals surface area contributed by atoms with E-state index < -0.39 is 10.0 Å². The van der Waals surface area contributed by atoms with Crippen molar-refractivity contribution in [2.45, 2.75) is 23.8 Å². The van der Waals surface area contributed by atoms with Crippen LogP contribution in [0.2, 0.25) is 0 Å². The van der Waals surface area contributed by atoms with Crippen LogP contribution in [-0.2, 0) is 10.0 Å². The highest BCUT2D eigenvalue weighted by molar-refractivity contribution is 7.89. The highest BCUT2D eigenvalue weighted by Crippen LogP contribution is 2.33. The van der Waals surface area contributed by atoms with Gasteiger partial charge in [-0.25, -0.2) is 8.42 Å². The van der Waals surface area contributed by atoms with Crippen LogP contribution in [0.4, 0.5) is 0 Å². The Bertz CT molecular complexity index is 721. The summed E-state index contributed by atoms with van der Waals surface area (Å²) in [6, 6.07) is 6.93. The number of aliphatic hydroxyl groups excluding tert-OH is 1. The average molecular weight is 292 g/mol. The van der Waals surface area contributed by atoms with Crippen molar-refractivity contribution in [3.8, 4) is 0 Å². The van der Waals surface area contributed by atoms with E-state index in [2.05, 4.69) is 4.98 Å². The monoisotopic (exact) mass is 292 g/mol. The number of rotatable bonds is 5. The third-order valence-electron chi connectivity index (χ3n) is 3.50. The third kappa shape index (κ3) is 2.30. The number of benzene rings is 1. The maximum atomic E-state index is 12.8. The van der Waals surface area contributed by atoms with Gasteiger partial charge in [-0.3, -0.25) is 4.98 Å². The van der Waals surface area contributed by atoms with Gasteiger partial charge in [0, 0.05) is 35.8 Å². The quantitative estimate of drug-likeness (QED) is 0.904. The first-order valence-electron chi connectivity index (χ1n) is 6.60. The van der Waals surface area contributed by atoms with Crippen LogP contribution in [0.3, 0.4) is 0 Å². The summed E-state index contributed by atoms with van der Waals surface area (Å²) in [5, 5.41) is 10.6. The Labute approximate surface area is 117 Å². The second-order valence-corrected chi connectivity index (χ2v) is 6.78. The molecule has 1 saturated carbocycles. The lowest BCUT2D eigenvalue weighted by atomic mass is 10.2. The lowest BCUT2D eigenvalue weighted by Crippen LogP contribution is -2.35.